The number of nitrogens with two attached hydrogens (primary N) is 1. The summed E-state index contributed by atoms with van der Waals surface area (Å²) in [5.74, 6) is -6.19. The van der Waals surface area contributed by atoms with Gasteiger partial charge in [-0.05, 0) is 12.8 Å². The second-order valence-corrected chi connectivity index (χ2v) is 6.74. The average Bonchev–Trinajstić information content (AvgIpc) is 2.59. The zero-order chi connectivity index (χ0) is 22.9. The van der Waals surface area contributed by atoms with Crippen LogP contribution in [0.2, 0.25) is 0 Å². The predicted molar refractivity (Wildman–Crippen MR) is 97.3 cm³/mol. The fourth-order valence-corrected chi connectivity index (χ4v) is 2.17. The quantitative estimate of drug-likeness (QED) is 0.154. The van der Waals surface area contributed by atoms with Crippen LogP contribution in [0.15, 0.2) is 0 Å². The van der Waals surface area contributed by atoms with Crippen LogP contribution in [0.25, 0.3) is 0 Å². The summed E-state index contributed by atoms with van der Waals surface area (Å²) in [7, 11) is 0. The first-order chi connectivity index (χ1) is 13.3. The molecule has 29 heavy (non-hydrogen) atoms. The first-order valence-electron chi connectivity index (χ1n) is 8.72. The van der Waals surface area contributed by atoms with Crippen molar-refractivity contribution in [3.8, 4) is 0 Å². The second-order valence-electron chi connectivity index (χ2n) is 6.74. The van der Waals surface area contributed by atoms with E-state index in [1.54, 1.807) is 13.8 Å². The van der Waals surface area contributed by atoms with Crippen molar-refractivity contribution in [2.24, 2.45) is 11.7 Å². The molecule has 0 aromatic carbocycles. The molecule has 0 aromatic rings. The van der Waals surface area contributed by atoms with E-state index in [4.69, 9.17) is 21.1 Å². The third-order valence-corrected chi connectivity index (χ3v) is 3.84. The van der Waals surface area contributed by atoms with Crippen LogP contribution in [0.1, 0.15) is 27.2 Å². The van der Waals surface area contributed by atoms with Gasteiger partial charge in [0, 0.05) is 0 Å². The summed E-state index contributed by atoms with van der Waals surface area (Å²) in [5.41, 5.74) is 5.41. The molecule has 13 nitrogen and oxygen atoms in total. The van der Waals surface area contributed by atoms with Crippen molar-refractivity contribution < 1.29 is 44.4 Å². The monoisotopic (exact) mass is 420 g/mol. The van der Waals surface area contributed by atoms with Crippen LogP contribution in [0.4, 0.5) is 0 Å². The molecule has 0 saturated heterocycles. The highest BCUT2D eigenvalue weighted by Gasteiger charge is 2.33. The molecule has 0 aliphatic heterocycles. The Bertz CT molecular complexity index is 624. The predicted octanol–water partition coefficient (Wildman–Crippen LogP) is -3.64. The molecule has 0 aromatic heterocycles. The third kappa shape index (κ3) is 8.85. The largest absolute Gasteiger partial charge is 0.481 e. The summed E-state index contributed by atoms with van der Waals surface area (Å²) in [6.07, 6.45) is -2.12. The maximum Gasteiger partial charge on any atom is 0.328 e. The topological polar surface area (TPSA) is 228 Å². The number of aliphatic hydroxyl groups excluding tert-OH is 2. The van der Waals surface area contributed by atoms with Gasteiger partial charge in [-0.3, -0.25) is 19.2 Å². The number of carboxylic acids is 2. The Labute approximate surface area is 166 Å². The number of carbonyl (C=O) groups excluding carboxylic acids is 3. The Balaban J connectivity index is 5.28. The van der Waals surface area contributed by atoms with Crippen LogP contribution in [-0.2, 0) is 24.0 Å². The number of aliphatic carboxylic acids is 2. The van der Waals surface area contributed by atoms with Gasteiger partial charge in [-0.1, -0.05) is 13.8 Å². The SMILES string of the molecule is CC(C)C(NC(=O)C(NC(=O)C(N)CC(=O)O)C(C)O)C(=O)NC(CO)C(=O)O. The van der Waals surface area contributed by atoms with Gasteiger partial charge in [-0.25, -0.2) is 4.79 Å². The molecule has 0 fully saturated rings. The van der Waals surface area contributed by atoms with E-state index in [-0.39, 0.29) is 0 Å². The Morgan fingerprint density at radius 3 is 1.72 bits per heavy atom. The number of aliphatic hydroxyl groups is 2. The van der Waals surface area contributed by atoms with E-state index in [2.05, 4.69) is 16.0 Å². The molecule has 0 aliphatic rings. The minimum atomic E-state index is -1.58. The van der Waals surface area contributed by atoms with E-state index in [1.165, 1.54) is 6.92 Å². The molecular formula is C16H28N4O9. The highest BCUT2D eigenvalue weighted by Crippen LogP contribution is 2.05. The van der Waals surface area contributed by atoms with Gasteiger partial charge in [0.05, 0.1) is 25.2 Å². The molecule has 166 valence electrons. The summed E-state index contributed by atoms with van der Waals surface area (Å²) in [4.78, 5) is 58.3. The van der Waals surface area contributed by atoms with Crippen LogP contribution in [0.5, 0.6) is 0 Å². The van der Waals surface area contributed by atoms with Crippen molar-refractivity contribution in [3.05, 3.63) is 0 Å². The second kappa shape index (κ2) is 11.9. The molecule has 0 spiro atoms. The van der Waals surface area contributed by atoms with Crippen molar-refractivity contribution in [1.29, 1.82) is 0 Å². The van der Waals surface area contributed by atoms with Gasteiger partial charge < -0.3 is 42.1 Å². The maximum absolute atomic E-state index is 12.5. The normalized spacial score (nSPS) is 16.1. The van der Waals surface area contributed by atoms with E-state index in [9.17, 15) is 29.1 Å². The lowest BCUT2D eigenvalue weighted by Gasteiger charge is -2.27. The molecule has 5 unspecified atom stereocenters. The van der Waals surface area contributed by atoms with Gasteiger partial charge in [-0.2, -0.15) is 0 Å². The zero-order valence-electron chi connectivity index (χ0n) is 16.3. The number of hydrogen-bond donors (Lipinski definition) is 8. The molecule has 13 heteroatoms. The summed E-state index contributed by atoms with van der Waals surface area (Å²) in [5, 5.41) is 42.8. The molecule has 0 aliphatic carbocycles. The first kappa shape index (κ1) is 26.2. The third-order valence-electron chi connectivity index (χ3n) is 3.84. The number of carbonyl (C=O) groups is 5. The van der Waals surface area contributed by atoms with E-state index in [0.717, 1.165) is 0 Å². The Morgan fingerprint density at radius 1 is 0.862 bits per heavy atom. The molecular weight excluding hydrogens is 392 g/mol. The van der Waals surface area contributed by atoms with Gasteiger partial charge in [0.1, 0.15) is 18.1 Å². The fraction of sp³-hybridized carbons (Fsp3) is 0.688. The van der Waals surface area contributed by atoms with Gasteiger partial charge in [0.15, 0.2) is 0 Å². The van der Waals surface area contributed by atoms with Gasteiger partial charge >= 0.3 is 11.9 Å². The van der Waals surface area contributed by atoms with Crippen LogP contribution in [0.3, 0.4) is 0 Å². The summed E-state index contributed by atoms with van der Waals surface area (Å²) < 4.78 is 0. The van der Waals surface area contributed by atoms with Gasteiger partial charge in [-0.15, -0.1) is 0 Å². The van der Waals surface area contributed by atoms with Crippen molar-refractivity contribution in [1.82, 2.24) is 16.0 Å². The first-order valence-corrected chi connectivity index (χ1v) is 8.72. The molecule has 0 saturated carbocycles. The zero-order valence-corrected chi connectivity index (χ0v) is 16.3. The van der Waals surface area contributed by atoms with Crippen molar-refractivity contribution in [2.75, 3.05) is 6.61 Å². The lowest BCUT2D eigenvalue weighted by Crippen LogP contribution is -2.61. The Kier molecular flexibility index (Phi) is 10.8. The van der Waals surface area contributed by atoms with Crippen molar-refractivity contribution >= 4 is 29.7 Å². The molecule has 0 bridgehead atoms. The van der Waals surface area contributed by atoms with Crippen LogP contribution in [0, 0.1) is 5.92 Å². The number of rotatable bonds is 12. The molecule has 9 N–H and O–H groups in total. The maximum atomic E-state index is 12.5. The van der Waals surface area contributed by atoms with Gasteiger partial charge in [0.2, 0.25) is 17.7 Å². The van der Waals surface area contributed by atoms with Crippen molar-refractivity contribution in [3.63, 3.8) is 0 Å². The van der Waals surface area contributed by atoms with Crippen LogP contribution in [-0.4, -0.2) is 87.0 Å². The van der Waals surface area contributed by atoms with Crippen molar-refractivity contribution in [2.45, 2.75) is 57.5 Å². The molecule has 3 amide bonds. The number of hydrogen-bond acceptors (Lipinski definition) is 8. The summed E-state index contributed by atoms with van der Waals surface area (Å²) in [6.45, 7) is 3.42. The molecule has 0 radical (unpaired) electrons. The Morgan fingerprint density at radius 2 is 1.34 bits per heavy atom. The minimum Gasteiger partial charge on any atom is -0.481 e. The Hall–Kier alpha value is -2.77. The highest BCUT2D eigenvalue weighted by atomic mass is 16.4. The fourth-order valence-electron chi connectivity index (χ4n) is 2.17. The standard InChI is InChI=1S/C16H28N4O9/c1-6(2)11(14(26)18-9(5-21)16(28)29)19-15(27)12(7(3)22)20-13(25)8(17)4-10(23)24/h6-9,11-12,21-22H,4-5,17H2,1-3H3,(H,18,26)(H,19,27)(H,20,25)(H,23,24)(H,28,29). The highest BCUT2D eigenvalue weighted by molar-refractivity contribution is 5.95. The van der Waals surface area contributed by atoms with Crippen LogP contribution >= 0.6 is 0 Å². The summed E-state index contributed by atoms with van der Waals surface area (Å²) in [6, 6.07) is -5.85. The van der Waals surface area contributed by atoms with E-state index >= 15 is 0 Å². The lowest BCUT2D eigenvalue weighted by atomic mass is 10.0. The number of carboxylic acid groups (broad SMARTS) is 2. The van der Waals surface area contributed by atoms with Gasteiger partial charge in [0.25, 0.3) is 0 Å². The molecule has 0 heterocycles. The average molecular weight is 420 g/mol. The molecule has 5 atom stereocenters. The van der Waals surface area contributed by atoms with E-state index < -0.39 is 78.9 Å². The molecule has 0 rings (SSSR count). The smallest absolute Gasteiger partial charge is 0.328 e. The van der Waals surface area contributed by atoms with Crippen LogP contribution < -0.4 is 21.7 Å². The number of nitrogens with one attached hydrogen (secondary N) is 3. The summed E-state index contributed by atoms with van der Waals surface area (Å²) >= 11 is 0. The van der Waals surface area contributed by atoms with E-state index in [1.807, 2.05) is 0 Å². The van der Waals surface area contributed by atoms with E-state index in [0.29, 0.717) is 0 Å². The lowest BCUT2D eigenvalue weighted by molar-refractivity contribution is -0.143. The minimum absolute atomic E-state index is 0.522. The number of amides is 3.